The summed E-state index contributed by atoms with van der Waals surface area (Å²) in [5.41, 5.74) is 6.35. The van der Waals surface area contributed by atoms with Gasteiger partial charge in [0.1, 0.15) is 5.82 Å². The number of nitrogens with one attached hydrogen (secondary N) is 1. The average molecular weight is 320 g/mol. The lowest BCUT2D eigenvalue weighted by atomic mass is 10.1. The number of fused-ring (bicyclic) bond motifs is 1. The number of anilines is 1. The molecule has 4 nitrogen and oxygen atoms in total. The second kappa shape index (κ2) is 6.29. The number of aromatic amines is 1. The van der Waals surface area contributed by atoms with Crippen molar-refractivity contribution in [2.75, 3.05) is 31.1 Å². The van der Waals surface area contributed by atoms with Gasteiger partial charge in [0.2, 0.25) is 0 Å². The van der Waals surface area contributed by atoms with E-state index in [1.54, 1.807) is 0 Å². The van der Waals surface area contributed by atoms with Crippen LogP contribution in [0.4, 0.5) is 5.69 Å². The Labute approximate surface area is 143 Å². The predicted molar refractivity (Wildman–Crippen MR) is 99.5 cm³/mol. The van der Waals surface area contributed by atoms with Crippen LogP contribution in [0.2, 0.25) is 0 Å². The first-order valence-electron chi connectivity index (χ1n) is 8.68. The maximum Gasteiger partial charge on any atom is 0.121 e. The first-order chi connectivity index (χ1) is 11.7. The van der Waals surface area contributed by atoms with Crippen molar-refractivity contribution < 1.29 is 0 Å². The van der Waals surface area contributed by atoms with Gasteiger partial charge in [0, 0.05) is 31.9 Å². The summed E-state index contributed by atoms with van der Waals surface area (Å²) in [4.78, 5) is 13.2. The van der Waals surface area contributed by atoms with Crippen LogP contribution in [0.25, 0.3) is 11.0 Å². The summed E-state index contributed by atoms with van der Waals surface area (Å²) in [6, 6.07) is 14.8. The van der Waals surface area contributed by atoms with Crippen LogP contribution in [-0.2, 0) is 6.54 Å². The standard InChI is InChI=1S/C20H24N4/c1-15-6-5-7-16(2)20(15)24-12-10-23(11-13-24)14-19-21-17-8-3-4-9-18(17)22-19/h3-9H,10-14H2,1-2H3,(H,21,22). The highest BCUT2D eigenvalue weighted by atomic mass is 15.3. The number of imidazole rings is 1. The third-order valence-electron chi connectivity index (χ3n) is 4.94. The molecule has 124 valence electrons. The second-order valence-electron chi connectivity index (χ2n) is 6.70. The molecule has 0 saturated carbocycles. The topological polar surface area (TPSA) is 35.2 Å². The highest BCUT2D eigenvalue weighted by Gasteiger charge is 2.20. The number of aromatic nitrogens is 2. The van der Waals surface area contributed by atoms with Gasteiger partial charge in [-0.15, -0.1) is 0 Å². The summed E-state index contributed by atoms with van der Waals surface area (Å²) >= 11 is 0. The maximum absolute atomic E-state index is 4.70. The zero-order chi connectivity index (χ0) is 16.5. The fourth-order valence-corrected chi connectivity index (χ4v) is 3.73. The van der Waals surface area contributed by atoms with E-state index in [0.29, 0.717) is 0 Å². The van der Waals surface area contributed by atoms with Gasteiger partial charge in [-0.25, -0.2) is 4.98 Å². The van der Waals surface area contributed by atoms with Crippen LogP contribution in [0.5, 0.6) is 0 Å². The molecule has 1 N–H and O–H groups in total. The number of aryl methyl sites for hydroxylation is 2. The smallest absolute Gasteiger partial charge is 0.121 e. The fourth-order valence-electron chi connectivity index (χ4n) is 3.73. The Morgan fingerprint density at radius 2 is 1.62 bits per heavy atom. The van der Waals surface area contributed by atoms with E-state index in [1.807, 2.05) is 12.1 Å². The van der Waals surface area contributed by atoms with E-state index in [4.69, 9.17) is 4.98 Å². The molecule has 2 aromatic carbocycles. The molecule has 4 heteroatoms. The minimum atomic E-state index is 0.898. The van der Waals surface area contributed by atoms with Crippen LogP contribution in [0.1, 0.15) is 17.0 Å². The molecule has 0 radical (unpaired) electrons. The Kier molecular flexibility index (Phi) is 3.98. The van der Waals surface area contributed by atoms with Crippen LogP contribution in [-0.4, -0.2) is 41.0 Å². The Bertz CT molecular complexity index is 790. The third kappa shape index (κ3) is 2.89. The number of rotatable bonds is 3. The number of hydrogen-bond donors (Lipinski definition) is 1. The average Bonchev–Trinajstić information content (AvgIpc) is 2.98. The molecule has 2 heterocycles. The third-order valence-corrected chi connectivity index (χ3v) is 4.94. The summed E-state index contributed by atoms with van der Waals surface area (Å²) in [6.07, 6.45) is 0. The molecule has 0 spiro atoms. The number of piperazine rings is 1. The van der Waals surface area contributed by atoms with Crippen molar-refractivity contribution in [3.63, 3.8) is 0 Å². The molecule has 1 aliphatic heterocycles. The number of H-pyrrole nitrogens is 1. The zero-order valence-electron chi connectivity index (χ0n) is 14.4. The van der Waals surface area contributed by atoms with E-state index in [2.05, 4.69) is 59.0 Å². The number of nitrogens with zero attached hydrogens (tertiary/aromatic N) is 3. The number of benzene rings is 2. The van der Waals surface area contributed by atoms with Crippen LogP contribution in [0, 0.1) is 13.8 Å². The van der Waals surface area contributed by atoms with Gasteiger partial charge in [0.15, 0.2) is 0 Å². The molecule has 0 bridgehead atoms. The van der Waals surface area contributed by atoms with Crippen molar-refractivity contribution in [2.24, 2.45) is 0 Å². The summed E-state index contributed by atoms with van der Waals surface area (Å²) in [5, 5.41) is 0. The number of hydrogen-bond acceptors (Lipinski definition) is 3. The molecule has 3 aromatic rings. The largest absolute Gasteiger partial charge is 0.369 e. The van der Waals surface area contributed by atoms with Gasteiger partial charge in [-0.3, -0.25) is 4.90 Å². The molecule has 0 aliphatic carbocycles. The molecular formula is C20H24N4. The Morgan fingerprint density at radius 1 is 0.917 bits per heavy atom. The van der Waals surface area contributed by atoms with Gasteiger partial charge < -0.3 is 9.88 Å². The van der Waals surface area contributed by atoms with Crippen molar-refractivity contribution in [1.29, 1.82) is 0 Å². The minimum Gasteiger partial charge on any atom is -0.369 e. The van der Waals surface area contributed by atoms with Gasteiger partial charge in [-0.1, -0.05) is 30.3 Å². The van der Waals surface area contributed by atoms with Crippen molar-refractivity contribution in [2.45, 2.75) is 20.4 Å². The quantitative estimate of drug-likeness (QED) is 0.802. The Morgan fingerprint density at radius 3 is 2.33 bits per heavy atom. The SMILES string of the molecule is Cc1cccc(C)c1N1CCN(Cc2nc3ccccc3[nH]2)CC1. The molecule has 1 saturated heterocycles. The second-order valence-corrected chi connectivity index (χ2v) is 6.70. The fraction of sp³-hybridized carbons (Fsp3) is 0.350. The molecule has 1 aromatic heterocycles. The van der Waals surface area contributed by atoms with Crippen molar-refractivity contribution in [3.05, 3.63) is 59.4 Å². The molecule has 0 unspecified atom stereocenters. The first-order valence-corrected chi connectivity index (χ1v) is 8.68. The summed E-state index contributed by atoms with van der Waals surface area (Å²) in [7, 11) is 0. The number of para-hydroxylation sites is 3. The predicted octanol–water partition coefficient (Wildman–Crippen LogP) is 3.50. The van der Waals surface area contributed by atoms with Gasteiger partial charge in [0.05, 0.1) is 17.6 Å². The van der Waals surface area contributed by atoms with E-state index in [-0.39, 0.29) is 0 Å². The lowest BCUT2D eigenvalue weighted by molar-refractivity contribution is 0.245. The Hall–Kier alpha value is -2.33. The van der Waals surface area contributed by atoms with E-state index < -0.39 is 0 Å². The summed E-state index contributed by atoms with van der Waals surface area (Å²) in [6.45, 7) is 9.62. The first kappa shape index (κ1) is 15.2. The highest BCUT2D eigenvalue weighted by Crippen LogP contribution is 2.25. The molecule has 4 rings (SSSR count). The van der Waals surface area contributed by atoms with E-state index in [9.17, 15) is 0 Å². The van der Waals surface area contributed by atoms with Crippen molar-refractivity contribution >= 4 is 16.7 Å². The van der Waals surface area contributed by atoms with E-state index in [0.717, 1.165) is 49.6 Å². The normalized spacial score (nSPS) is 16.0. The van der Waals surface area contributed by atoms with Gasteiger partial charge in [-0.05, 0) is 37.1 Å². The van der Waals surface area contributed by atoms with Crippen LogP contribution < -0.4 is 4.90 Å². The maximum atomic E-state index is 4.70. The van der Waals surface area contributed by atoms with Crippen molar-refractivity contribution in [1.82, 2.24) is 14.9 Å². The lowest BCUT2D eigenvalue weighted by Crippen LogP contribution is -2.46. The van der Waals surface area contributed by atoms with Gasteiger partial charge in [0.25, 0.3) is 0 Å². The van der Waals surface area contributed by atoms with E-state index in [1.165, 1.54) is 16.8 Å². The molecule has 0 atom stereocenters. The molecule has 1 aliphatic rings. The van der Waals surface area contributed by atoms with Crippen LogP contribution in [0.15, 0.2) is 42.5 Å². The molecule has 1 fully saturated rings. The van der Waals surface area contributed by atoms with Crippen LogP contribution in [0.3, 0.4) is 0 Å². The van der Waals surface area contributed by atoms with Gasteiger partial charge in [-0.2, -0.15) is 0 Å². The monoisotopic (exact) mass is 320 g/mol. The summed E-state index contributed by atoms with van der Waals surface area (Å²) in [5.74, 6) is 1.07. The lowest BCUT2D eigenvalue weighted by Gasteiger charge is -2.37. The Balaban J connectivity index is 1.43. The van der Waals surface area contributed by atoms with E-state index >= 15 is 0 Å². The zero-order valence-corrected chi connectivity index (χ0v) is 14.4. The highest BCUT2D eigenvalue weighted by molar-refractivity contribution is 5.74. The molecule has 24 heavy (non-hydrogen) atoms. The minimum absolute atomic E-state index is 0.898. The molecular weight excluding hydrogens is 296 g/mol. The van der Waals surface area contributed by atoms with Crippen molar-refractivity contribution in [3.8, 4) is 0 Å². The van der Waals surface area contributed by atoms with Crippen LogP contribution >= 0.6 is 0 Å². The van der Waals surface area contributed by atoms with Gasteiger partial charge >= 0.3 is 0 Å². The summed E-state index contributed by atoms with van der Waals surface area (Å²) < 4.78 is 0. The molecule has 0 amide bonds.